The Morgan fingerprint density at radius 3 is 2.37 bits per heavy atom. The Morgan fingerprint density at radius 1 is 0.933 bits per heavy atom. The van der Waals surface area contributed by atoms with Crippen LogP contribution in [0.15, 0.2) is 35.6 Å². The van der Waals surface area contributed by atoms with E-state index in [-0.39, 0.29) is 4.90 Å². The van der Waals surface area contributed by atoms with E-state index in [1.807, 2.05) is 6.07 Å². The summed E-state index contributed by atoms with van der Waals surface area (Å²) in [4.78, 5) is 20.4. The van der Waals surface area contributed by atoms with Gasteiger partial charge in [0.2, 0.25) is 10.0 Å². The van der Waals surface area contributed by atoms with E-state index in [2.05, 4.69) is 37.7 Å². The predicted molar refractivity (Wildman–Crippen MR) is 119 cm³/mol. The number of piperazine rings is 1. The van der Waals surface area contributed by atoms with Crippen molar-refractivity contribution in [1.29, 1.82) is 0 Å². The number of hydrogen-bond acceptors (Lipinski definition) is 8. The quantitative estimate of drug-likeness (QED) is 0.611. The van der Waals surface area contributed by atoms with E-state index < -0.39 is 10.0 Å². The highest BCUT2D eigenvalue weighted by Crippen LogP contribution is 2.30. The van der Waals surface area contributed by atoms with Crippen LogP contribution in [0.5, 0.6) is 0 Å². The van der Waals surface area contributed by atoms with Crippen LogP contribution in [0.25, 0.3) is 10.2 Å². The topological polar surface area (TPSA) is 82.5 Å². The van der Waals surface area contributed by atoms with Crippen LogP contribution in [0, 0.1) is 6.92 Å². The lowest BCUT2D eigenvalue weighted by atomic mass is 10.2. The van der Waals surface area contributed by atoms with Crippen molar-refractivity contribution in [3.8, 4) is 0 Å². The maximum atomic E-state index is 12.7. The zero-order chi connectivity index (χ0) is 20.7. The molecule has 0 amide bonds. The molecule has 30 heavy (non-hydrogen) atoms. The van der Waals surface area contributed by atoms with E-state index in [1.165, 1.54) is 11.1 Å². The SMILES string of the molecule is Cc1cc2c(N3CCN(c4ccc(S(=O)(=O)N5CCCC5)cn4)CC3)ncnc2s1. The molecule has 0 radical (unpaired) electrons. The average Bonchev–Trinajstić information content (AvgIpc) is 3.43. The van der Waals surface area contributed by atoms with E-state index in [1.54, 1.807) is 28.0 Å². The fourth-order valence-corrected chi connectivity index (χ4v) is 6.46. The minimum Gasteiger partial charge on any atom is -0.353 e. The number of hydrogen-bond donors (Lipinski definition) is 0. The van der Waals surface area contributed by atoms with Gasteiger partial charge in [-0.3, -0.25) is 0 Å². The molecule has 0 saturated carbocycles. The second-order valence-corrected chi connectivity index (χ2v) is 10.9. The molecule has 0 N–H and O–H groups in total. The van der Waals surface area contributed by atoms with Gasteiger partial charge in [0, 0.05) is 50.3 Å². The molecule has 2 aliphatic rings. The van der Waals surface area contributed by atoms with Gasteiger partial charge >= 0.3 is 0 Å². The summed E-state index contributed by atoms with van der Waals surface area (Å²) in [6.07, 6.45) is 5.00. The number of sulfonamides is 1. The molecule has 2 fully saturated rings. The van der Waals surface area contributed by atoms with Gasteiger partial charge in [0.1, 0.15) is 27.7 Å². The van der Waals surface area contributed by atoms with Gasteiger partial charge in [0.15, 0.2) is 0 Å². The number of thiophene rings is 1. The molecule has 158 valence electrons. The highest BCUT2D eigenvalue weighted by molar-refractivity contribution is 7.89. The number of fused-ring (bicyclic) bond motifs is 1. The lowest BCUT2D eigenvalue weighted by molar-refractivity contribution is 0.477. The Hall–Kier alpha value is -2.30. The van der Waals surface area contributed by atoms with Crippen LogP contribution < -0.4 is 9.80 Å². The van der Waals surface area contributed by atoms with E-state index >= 15 is 0 Å². The molecule has 3 aromatic heterocycles. The van der Waals surface area contributed by atoms with E-state index in [9.17, 15) is 8.42 Å². The fourth-order valence-electron chi connectivity index (χ4n) is 4.15. The van der Waals surface area contributed by atoms with Crippen molar-refractivity contribution in [2.45, 2.75) is 24.7 Å². The van der Waals surface area contributed by atoms with Crippen molar-refractivity contribution < 1.29 is 8.42 Å². The van der Waals surface area contributed by atoms with Gasteiger partial charge in [0.05, 0.1) is 5.39 Å². The second kappa shape index (κ2) is 7.75. The fraction of sp³-hybridized carbons (Fsp3) is 0.450. The third kappa shape index (κ3) is 3.52. The number of anilines is 2. The first-order valence-corrected chi connectivity index (χ1v) is 12.5. The number of aryl methyl sites for hydroxylation is 1. The lowest BCUT2D eigenvalue weighted by Gasteiger charge is -2.36. The molecule has 0 atom stereocenters. The highest BCUT2D eigenvalue weighted by Gasteiger charge is 2.28. The standard InChI is InChI=1S/C20H24N6O2S2/c1-15-12-17-19(22-14-23-20(17)29-15)25-10-8-24(9-11-25)18-5-4-16(13-21-18)30(27,28)26-6-2-3-7-26/h4-5,12-14H,2-3,6-11H2,1H3. The minimum atomic E-state index is -3.42. The summed E-state index contributed by atoms with van der Waals surface area (Å²) in [7, 11) is -3.42. The van der Waals surface area contributed by atoms with Crippen LogP contribution >= 0.6 is 11.3 Å². The monoisotopic (exact) mass is 444 g/mol. The molecule has 10 heteroatoms. The summed E-state index contributed by atoms with van der Waals surface area (Å²) in [5.74, 6) is 1.80. The Morgan fingerprint density at radius 2 is 1.67 bits per heavy atom. The van der Waals surface area contributed by atoms with Gasteiger partial charge in [-0.15, -0.1) is 11.3 Å². The first-order valence-electron chi connectivity index (χ1n) is 10.2. The van der Waals surface area contributed by atoms with Gasteiger partial charge in [-0.2, -0.15) is 4.31 Å². The van der Waals surface area contributed by atoms with Crippen molar-refractivity contribution in [3.05, 3.63) is 35.6 Å². The summed E-state index contributed by atoms with van der Waals surface area (Å²) in [5, 5.41) is 1.11. The third-order valence-electron chi connectivity index (χ3n) is 5.76. The number of nitrogens with zero attached hydrogens (tertiary/aromatic N) is 6. The number of pyridine rings is 1. The van der Waals surface area contributed by atoms with Crippen LogP contribution in [0.2, 0.25) is 0 Å². The molecule has 3 aromatic rings. The third-order valence-corrected chi connectivity index (χ3v) is 8.60. The number of rotatable bonds is 4. The average molecular weight is 445 g/mol. The van der Waals surface area contributed by atoms with E-state index in [0.717, 1.165) is 60.9 Å². The summed E-state index contributed by atoms with van der Waals surface area (Å²) in [6, 6.07) is 5.66. The maximum absolute atomic E-state index is 12.7. The largest absolute Gasteiger partial charge is 0.353 e. The molecule has 0 aromatic carbocycles. The molecule has 0 unspecified atom stereocenters. The van der Waals surface area contributed by atoms with Crippen LogP contribution in [0.4, 0.5) is 11.6 Å². The second-order valence-electron chi connectivity index (χ2n) is 7.71. The first-order chi connectivity index (χ1) is 14.5. The highest BCUT2D eigenvalue weighted by atomic mass is 32.2. The van der Waals surface area contributed by atoms with Crippen molar-refractivity contribution in [2.75, 3.05) is 49.1 Å². The van der Waals surface area contributed by atoms with Gasteiger partial charge in [-0.1, -0.05) is 0 Å². The molecule has 0 aliphatic carbocycles. The molecule has 0 spiro atoms. The summed E-state index contributed by atoms with van der Waals surface area (Å²) < 4.78 is 26.9. The normalized spacial score (nSPS) is 18.4. The maximum Gasteiger partial charge on any atom is 0.244 e. The Balaban J connectivity index is 1.28. The predicted octanol–water partition coefficient (Wildman–Crippen LogP) is 2.51. The van der Waals surface area contributed by atoms with Crippen molar-refractivity contribution >= 4 is 43.2 Å². The first kappa shape index (κ1) is 19.7. The molecular weight excluding hydrogens is 420 g/mol. The van der Waals surface area contributed by atoms with E-state index in [0.29, 0.717) is 13.1 Å². The molecule has 2 saturated heterocycles. The molecule has 8 nitrogen and oxygen atoms in total. The Labute approximate surface area is 180 Å². The minimum absolute atomic E-state index is 0.281. The molecule has 5 heterocycles. The molecular formula is C20H24N6O2S2. The Bertz CT molecular complexity index is 1150. The molecule has 0 bridgehead atoms. The summed E-state index contributed by atoms with van der Waals surface area (Å²) >= 11 is 1.69. The summed E-state index contributed by atoms with van der Waals surface area (Å²) in [6.45, 7) is 6.57. The zero-order valence-electron chi connectivity index (χ0n) is 16.9. The molecule has 5 rings (SSSR count). The van der Waals surface area contributed by atoms with Crippen molar-refractivity contribution in [3.63, 3.8) is 0 Å². The van der Waals surface area contributed by atoms with Crippen molar-refractivity contribution in [2.24, 2.45) is 0 Å². The van der Waals surface area contributed by atoms with Crippen LogP contribution in [-0.2, 0) is 10.0 Å². The van der Waals surface area contributed by atoms with Crippen molar-refractivity contribution in [1.82, 2.24) is 19.3 Å². The van der Waals surface area contributed by atoms with Crippen LogP contribution in [0.3, 0.4) is 0 Å². The summed E-state index contributed by atoms with van der Waals surface area (Å²) in [5.41, 5.74) is 0. The smallest absolute Gasteiger partial charge is 0.244 e. The van der Waals surface area contributed by atoms with Gasteiger partial charge in [0.25, 0.3) is 0 Å². The van der Waals surface area contributed by atoms with Gasteiger partial charge < -0.3 is 9.80 Å². The van der Waals surface area contributed by atoms with Gasteiger partial charge in [-0.05, 0) is 38.0 Å². The zero-order valence-corrected chi connectivity index (χ0v) is 18.5. The van der Waals surface area contributed by atoms with Gasteiger partial charge in [-0.25, -0.2) is 23.4 Å². The lowest BCUT2D eigenvalue weighted by Crippen LogP contribution is -2.47. The van der Waals surface area contributed by atoms with E-state index in [4.69, 9.17) is 0 Å². The number of aromatic nitrogens is 3. The van der Waals surface area contributed by atoms with Crippen LogP contribution in [0.1, 0.15) is 17.7 Å². The van der Waals surface area contributed by atoms with Crippen LogP contribution in [-0.4, -0.2) is 66.9 Å². The molecule has 2 aliphatic heterocycles. The Kier molecular flexibility index (Phi) is 5.08.